The summed E-state index contributed by atoms with van der Waals surface area (Å²) in [5.74, 6) is -0.353. The largest absolute Gasteiger partial charge is 0.460 e. The highest BCUT2D eigenvalue weighted by Crippen LogP contribution is 2.17. The number of carbonyl (C=O) groups excluding carboxylic acids is 2. The van der Waals surface area contributed by atoms with E-state index >= 15 is 0 Å². The Hall–Kier alpha value is -0.860. The molecule has 0 rings (SSSR count). The maximum absolute atomic E-state index is 12.0. The molecule has 106 valence electrons. The maximum atomic E-state index is 12.0. The molecule has 0 radical (unpaired) electrons. The molecule has 3 nitrogen and oxygen atoms in total. The van der Waals surface area contributed by atoms with Crippen LogP contribution in [0.4, 0.5) is 0 Å². The molecule has 0 amide bonds. The molecule has 18 heavy (non-hydrogen) atoms. The molecule has 0 aromatic rings. The topological polar surface area (TPSA) is 43.4 Å². The number of unbranched alkanes of at least 4 members (excludes halogenated alkanes) is 2. The number of hydrogen-bond acceptors (Lipinski definition) is 3. The summed E-state index contributed by atoms with van der Waals surface area (Å²) in [6, 6.07) is 0. The Balaban J connectivity index is 4.14. The highest BCUT2D eigenvalue weighted by atomic mass is 16.6. The Labute approximate surface area is 111 Å². The summed E-state index contributed by atoms with van der Waals surface area (Å²) >= 11 is 0. The van der Waals surface area contributed by atoms with E-state index in [9.17, 15) is 9.59 Å². The van der Waals surface area contributed by atoms with Crippen LogP contribution in [0, 0.1) is 5.92 Å². The Morgan fingerprint density at radius 1 is 1.11 bits per heavy atom. The highest BCUT2D eigenvalue weighted by molar-refractivity contribution is 5.96. The van der Waals surface area contributed by atoms with Crippen molar-refractivity contribution in [2.75, 3.05) is 0 Å². The van der Waals surface area contributed by atoms with E-state index in [1.807, 2.05) is 27.7 Å². The molecule has 3 heteroatoms. The van der Waals surface area contributed by atoms with Crippen LogP contribution in [0.2, 0.25) is 0 Å². The van der Waals surface area contributed by atoms with E-state index in [1.54, 1.807) is 0 Å². The fourth-order valence-electron chi connectivity index (χ4n) is 1.90. The van der Waals surface area contributed by atoms with Gasteiger partial charge in [-0.25, -0.2) is 0 Å². The summed E-state index contributed by atoms with van der Waals surface area (Å²) in [5.41, 5.74) is -0.513. The molecule has 1 unspecified atom stereocenters. The fraction of sp³-hybridized carbons (Fsp3) is 0.867. The van der Waals surface area contributed by atoms with E-state index in [2.05, 4.69) is 6.92 Å². The molecule has 0 aromatic carbocycles. The lowest BCUT2D eigenvalue weighted by atomic mass is 9.92. The average Bonchev–Trinajstić information content (AvgIpc) is 2.21. The van der Waals surface area contributed by atoms with Gasteiger partial charge < -0.3 is 4.74 Å². The van der Waals surface area contributed by atoms with Crippen LogP contribution in [-0.2, 0) is 14.3 Å². The van der Waals surface area contributed by atoms with Crippen LogP contribution in [0.5, 0.6) is 0 Å². The van der Waals surface area contributed by atoms with Gasteiger partial charge in [0.05, 0.1) is 0 Å². The molecule has 0 bridgehead atoms. The van der Waals surface area contributed by atoms with E-state index in [4.69, 9.17) is 4.74 Å². The molecule has 1 atom stereocenters. The van der Waals surface area contributed by atoms with E-state index in [0.717, 1.165) is 32.1 Å². The minimum atomic E-state index is -0.513. The normalized spacial score (nSPS) is 13.2. The second kappa shape index (κ2) is 8.28. The first-order valence-corrected chi connectivity index (χ1v) is 7.04. The van der Waals surface area contributed by atoms with Gasteiger partial charge in [0, 0.05) is 5.92 Å². The zero-order valence-electron chi connectivity index (χ0n) is 12.5. The van der Waals surface area contributed by atoms with Crippen molar-refractivity contribution in [3.63, 3.8) is 0 Å². The summed E-state index contributed by atoms with van der Waals surface area (Å²) in [6.45, 7) is 9.59. The Bertz CT molecular complexity index is 263. The molecule has 0 saturated heterocycles. The number of hydrogen-bond donors (Lipinski definition) is 0. The zero-order chi connectivity index (χ0) is 14.2. The van der Waals surface area contributed by atoms with Crippen molar-refractivity contribution in [1.29, 1.82) is 0 Å². The van der Waals surface area contributed by atoms with Crippen LogP contribution >= 0.6 is 0 Å². The van der Waals surface area contributed by atoms with Crippen molar-refractivity contribution in [1.82, 2.24) is 0 Å². The third-order valence-electron chi connectivity index (χ3n) is 2.84. The summed E-state index contributed by atoms with van der Waals surface area (Å²) in [4.78, 5) is 23.5. The van der Waals surface area contributed by atoms with Gasteiger partial charge in [-0.05, 0) is 33.6 Å². The van der Waals surface area contributed by atoms with Gasteiger partial charge in [0.25, 0.3) is 0 Å². The van der Waals surface area contributed by atoms with Crippen molar-refractivity contribution >= 4 is 11.8 Å². The Morgan fingerprint density at radius 2 is 1.72 bits per heavy atom. The molecule has 0 aliphatic carbocycles. The van der Waals surface area contributed by atoms with Gasteiger partial charge in [-0.2, -0.15) is 0 Å². The van der Waals surface area contributed by atoms with Gasteiger partial charge in [-0.3, -0.25) is 9.59 Å². The number of ketones is 1. The molecule has 0 N–H and O–H groups in total. The molecule has 0 aliphatic heterocycles. The quantitative estimate of drug-likeness (QED) is 0.376. The Morgan fingerprint density at radius 3 is 2.17 bits per heavy atom. The summed E-state index contributed by atoms with van der Waals surface area (Å²) in [6.07, 6.45) is 4.99. The third-order valence-corrected chi connectivity index (χ3v) is 2.84. The molecular weight excluding hydrogens is 228 g/mol. The predicted octanol–water partition coefficient (Wildman–Crippen LogP) is 3.89. The number of Topliss-reactive ketones (excluding diaryl/α,β-unsaturated/α-hetero) is 1. The van der Waals surface area contributed by atoms with E-state index in [-0.39, 0.29) is 18.1 Å². The van der Waals surface area contributed by atoms with Gasteiger partial charge in [-0.1, -0.05) is 33.1 Å². The summed E-state index contributed by atoms with van der Waals surface area (Å²) < 4.78 is 5.17. The lowest BCUT2D eigenvalue weighted by Crippen LogP contribution is -2.27. The molecule has 0 spiro atoms. The zero-order valence-corrected chi connectivity index (χ0v) is 12.5. The second-order valence-corrected chi connectivity index (χ2v) is 5.83. The first-order chi connectivity index (χ1) is 8.30. The first kappa shape index (κ1) is 17.1. The fourth-order valence-corrected chi connectivity index (χ4v) is 1.90. The SMILES string of the molecule is CCCCCC(CC)C(=O)CC(=O)OC(C)(C)C. The number of esters is 1. The number of carbonyl (C=O) groups is 2. The predicted molar refractivity (Wildman–Crippen MR) is 73.4 cm³/mol. The average molecular weight is 256 g/mol. The summed E-state index contributed by atoms with van der Waals surface area (Å²) in [7, 11) is 0. The Kier molecular flexibility index (Phi) is 7.88. The van der Waals surface area contributed by atoms with Crippen LogP contribution in [0.15, 0.2) is 0 Å². The number of ether oxygens (including phenoxy) is 1. The molecule has 0 aromatic heterocycles. The monoisotopic (exact) mass is 256 g/mol. The van der Waals surface area contributed by atoms with Crippen LogP contribution in [0.25, 0.3) is 0 Å². The van der Waals surface area contributed by atoms with E-state index < -0.39 is 11.6 Å². The minimum Gasteiger partial charge on any atom is -0.460 e. The van der Waals surface area contributed by atoms with Crippen molar-refractivity contribution < 1.29 is 14.3 Å². The van der Waals surface area contributed by atoms with Crippen molar-refractivity contribution in [2.45, 2.75) is 78.7 Å². The molecule has 0 heterocycles. The van der Waals surface area contributed by atoms with Crippen LogP contribution in [0.1, 0.15) is 73.1 Å². The molecule has 0 aliphatic rings. The van der Waals surface area contributed by atoms with Crippen molar-refractivity contribution in [2.24, 2.45) is 5.92 Å². The van der Waals surface area contributed by atoms with Crippen LogP contribution in [0.3, 0.4) is 0 Å². The smallest absolute Gasteiger partial charge is 0.313 e. The molecule has 0 fully saturated rings. The second-order valence-electron chi connectivity index (χ2n) is 5.83. The van der Waals surface area contributed by atoms with Gasteiger partial charge in [0.15, 0.2) is 0 Å². The lowest BCUT2D eigenvalue weighted by molar-refractivity contribution is -0.156. The van der Waals surface area contributed by atoms with Crippen LogP contribution < -0.4 is 0 Å². The number of rotatable bonds is 8. The lowest BCUT2D eigenvalue weighted by Gasteiger charge is -2.20. The van der Waals surface area contributed by atoms with Crippen LogP contribution in [-0.4, -0.2) is 17.4 Å². The summed E-state index contributed by atoms with van der Waals surface area (Å²) in [5, 5.41) is 0. The maximum Gasteiger partial charge on any atom is 0.313 e. The first-order valence-electron chi connectivity index (χ1n) is 7.04. The van der Waals surface area contributed by atoms with Gasteiger partial charge in [0.1, 0.15) is 17.8 Å². The van der Waals surface area contributed by atoms with Gasteiger partial charge >= 0.3 is 5.97 Å². The van der Waals surface area contributed by atoms with E-state index in [1.165, 1.54) is 0 Å². The standard InChI is InChI=1S/C15H28O3/c1-6-8-9-10-12(7-2)13(16)11-14(17)18-15(3,4)5/h12H,6-11H2,1-5H3. The molecule has 0 saturated carbocycles. The third kappa shape index (κ3) is 8.26. The van der Waals surface area contributed by atoms with Gasteiger partial charge in [-0.15, -0.1) is 0 Å². The van der Waals surface area contributed by atoms with Gasteiger partial charge in [0.2, 0.25) is 0 Å². The minimum absolute atomic E-state index is 0.0177. The molecular formula is C15H28O3. The van der Waals surface area contributed by atoms with Crippen molar-refractivity contribution in [3.05, 3.63) is 0 Å². The highest BCUT2D eigenvalue weighted by Gasteiger charge is 2.23. The van der Waals surface area contributed by atoms with E-state index in [0.29, 0.717) is 0 Å². The van der Waals surface area contributed by atoms with Crippen molar-refractivity contribution in [3.8, 4) is 0 Å².